The average molecular weight is 272 g/mol. The minimum atomic E-state index is -0.641. The van der Waals surface area contributed by atoms with Gasteiger partial charge in [0.15, 0.2) is 0 Å². The van der Waals surface area contributed by atoms with Crippen molar-refractivity contribution in [2.45, 2.75) is 18.9 Å². The van der Waals surface area contributed by atoms with Gasteiger partial charge >= 0.3 is 0 Å². The van der Waals surface area contributed by atoms with E-state index in [2.05, 4.69) is 10.3 Å². The molecule has 1 amide bonds. The van der Waals surface area contributed by atoms with Crippen molar-refractivity contribution in [3.63, 3.8) is 0 Å². The van der Waals surface area contributed by atoms with Crippen LogP contribution in [0.1, 0.15) is 24.0 Å². The first-order chi connectivity index (χ1) is 9.72. The summed E-state index contributed by atoms with van der Waals surface area (Å²) in [6.45, 7) is 2.08. The second kappa shape index (κ2) is 5.32. The van der Waals surface area contributed by atoms with Gasteiger partial charge in [0.25, 0.3) is 5.91 Å². The van der Waals surface area contributed by atoms with Crippen molar-refractivity contribution < 1.29 is 9.63 Å². The van der Waals surface area contributed by atoms with Crippen LogP contribution in [0.4, 0.5) is 0 Å². The maximum Gasteiger partial charge on any atom is 0.261 e. The van der Waals surface area contributed by atoms with Crippen LogP contribution in [0, 0.1) is 0 Å². The summed E-state index contributed by atoms with van der Waals surface area (Å²) in [5.74, 6) is -0.484. The molecule has 6 heteroatoms. The fraction of sp³-hybridized carbons (Fsp3) is 0.357. The van der Waals surface area contributed by atoms with E-state index in [1.807, 2.05) is 35.5 Å². The molecule has 1 saturated heterocycles. The summed E-state index contributed by atoms with van der Waals surface area (Å²) in [5.41, 5.74) is 7.91. The van der Waals surface area contributed by atoms with Crippen molar-refractivity contribution in [1.82, 2.24) is 5.01 Å². The standard InChI is InChI=1S/C14H16N4O2/c15-14(19)13-8-12(17-20-13)11-4-2-10(3-5-11)9-16-18-6-1-7-18/h2-5,9,13H,1,6-8H2,(H2,15,19). The van der Waals surface area contributed by atoms with E-state index < -0.39 is 12.0 Å². The number of rotatable bonds is 4. The number of nitrogens with zero attached hydrogens (tertiary/aromatic N) is 3. The molecule has 20 heavy (non-hydrogen) atoms. The smallest absolute Gasteiger partial charge is 0.261 e. The molecule has 2 aliphatic rings. The zero-order valence-electron chi connectivity index (χ0n) is 11.0. The van der Waals surface area contributed by atoms with E-state index in [0.29, 0.717) is 6.42 Å². The van der Waals surface area contributed by atoms with Crippen LogP contribution in [0.5, 0.6) is 0 Å². The molecule has 104 valence electrons. The third-order valence-electron chi connectivity index (χ3n) is 3.43. The number of amides is 1. The second-order valence-electron chi connectivity index (χ2n) is 4.91. The molecule has 3 rings (SSSR count). The Bertz CT molecular complexity index is 561. The number of primary amides is 1. The van der Waals surface area contributed by atoms with Crippen molar-refractivity contribution in [1.29, 1.82) is 0 Å². The highest BCUT2D eigenvalue weighted by Gasteiger charge is 2.26. The molecule has 0 bridgehead atoms. The molecule has 0 aliphatic carbocycles. The maximum atomic E-state index is 11.0. The van der Waals surface area contributed by atoms with Crippen molar-refractivity contribution in [2.24, 2.45) is 16.0 Å². The molecule has 1 aromatic rings. The average Bonchev–Trinajstić information content (AvgIpc) is 2.87. The van der Waals surface area contributed by atoms with Gasteiger partial charge in [0, 0.05) is 19.5 Å². The third kappa shape index (κ3) is 2.64. The van der Waals surface area contributed by atoms with Gasteiger partial charge in [-0.25, -0.2) is 0 Å². The molecular weight excluding hydrogens is 256 g/mol. The second-order valence-corrected chi connectivity index (χ2v) is 4.91. The largest absolute Gasteiger partial charge is 0.382 e. The Balaban J connectivity index is 1.64. The highest BCUT2D eigenvalue weighted by Crippen LogP contribution is 2.17. The fourth-order valence-corrected chi connectivity index (χ4v) is 2.03. The van der Waals surface area contributed by atoms with Gasteiger partial charge in [-0.2, -0.15) is 5.10 Å². The molecule has 0 radical (unpaired) electrons. The number of hydrazone groups is 1. The number of carbonyl (C=O) groups is 1. The Morgan fingerprint density at radius 3 is 2.70 bits per heavy atom. The quantitative estimate of drug-likeness (QED) is 0.819. The zero-order valence-corrected chi connectivity index (χ0v) is 11.0. The lowest BCUT2D eigenvalue weighted by molar-refractivity contribution is -0.127. The summed E-state index contributed by atoms with van der Waals surface area (Å²) >= 11 is 0. The highest BCUT2D eigenvalue weighted by molar-refractivity contribution is 6.04. The van der Waals surface area contributed by atoms with E-state index in [1.54, 1.807) is 0 Å². The summed E-state index contributed by atoms with van der Waals surface area (Å²) in [6.07, 6.45) is 2.85. The first-order valence-electron chi connectivity index (χ1n) is 6.64. The lowest BCUT2D eigenvalue weighted by Gasteiger charge is -2.27. The topological polar surface area (TPSA) is 80.3 Å². The Morgan fingerprint density at radius 1 is 1.40 bits per heavy atom. The van der Waals surface area contributed by atoms with Crippen LogP contribution in [-0.2, 0) is 9.63 Å². The predicted octanol–water partition coefficient (Wildman–Crippen LogP) is 0.704. The van der Waals surface area contributed by atoms with E-state index in [4.69, 9.17) is 10.6 Å². The van der Waals surface area contributed by atoms with Crippen molar-refractivity contribution >= 4 is 17.8 Å². The molecule has 0 saturated carbocycles. The van der Waals surface area contributed by atoms with Crippen LogP contribution >= 0.6 is 0 Å². The number of nitrogens with two attached hydrogens (primary N) is 1. The van der Waals surface area contributed by atoms with E-state index in [-0.39, 0.29) is 0 Å². The monoisotopic (exact) mass is 272 g/mol. The van der Waals surface area contributed by atoms with Crippen LogP contribution in [0.3, 0.4) is 0 Å². The Morgan fingerprint density at radius 2 is 2.15 bits per heavy atom. The van der Waals surface area contributed by atoms with E-state index in [0.717, 1.165) is 29.9 Å². The Hall–Kier alpha value is -2.37. The molecular formula is C14H16N4O2. The molecule has 1 aromatic carbocycles. The first kappa shape index (κ1) is 12.7. The fourth-order valence-electron chi connectivity index (χ4n) is 2.03. The lowest BCUT2D eigenvalue weighted by Crippen LogP contribution is -2.32. The number of benzene rings is 1. The van der Waals surface area contributed by atoms with Crippen molar-refractivity contribution in [2.75, 3.05) is 13.1 Å². The zero-order chi connectivity index (χ0) is 13.9. The van der Waals surface area contributed by atoms with Crippen LogP contribution in [0.25, 0.3) is 0 Å². The highest BCUT2D eigenvalue weighted by atomic mass is 16.6. The molecule has 6 nitrogen and oxygen atoms in total. The molecule has 1 atom stereocenters. The van der Waals surface area contributed by atoms with Crippen molar-refractivity contribution in [3.05, 3.63) is 35.4 Å². The molecule has 1 unspecified atom stereocenters. The van der Waals surface area contributed by atoms with E-state index in [1.165, 1.54) is 6.42 Å². The van der Waals surface area contributed by atoms with Crippen LogP contribution in [0.15, 0.2) is 34.5 Å². The molecule has 2 aliphatic heterocycles. The predicted molar refractivity (Wildman–Crippen MR) is 75.4 cm³/mol. The summed E-state index contributed by atoms with van der Waals surface area (Å²) in [6, 6.07) is 7.84. The number of hydrogen-bond donors (Lipinski definition) is 1. The number of carbonyl (C=O) groups excluding carboxylic acids is 1. The third-order valence-corrected chi connectivity index (χ3v) is 3.43. The van der Waals surface area contributed by atoms with Gasteiger partial charge in [-0.1, -0.05) is 29.4 Å². The molecule has 0 spiro atoms. The minimum absolute atomic E-state index is 0.427. The van der Waals surface area contributed by atoms with Crippen LogP contribution in [-0.4, -0.2) is 42.0 Å². The van der Waals surface area contributed by atoms with Gasteiger partial charge in [0.2, 0.25) is 6.10 Å². The van der Waals surface area contributed by atoms with Gasteiger partial charge in [0.1, 0.15) is 0 Å². The SMILES string of the molecule is NC(=O)C1CC(c2ccc(C=NN3CCC3)cc2)=NO1. The summed E-state index contributed by atoms with van der Waals surface area (Å²) < 4.78 is 0. The number of oxime groups is 1. The van der Waals surface area contributed by atoms with Gasteiger partial charge in [-0.05, 0) is 17.5 Å². The molecule has 2 N–H and O–H groups in total. The van der Waals surface area contributed by atoms with Crippen LogP contribution in [0.2, 0.25) is 0 Å². The van der Waals surface area contributed by atoms with Gasteiger partial charge in [-0.15, -0.1) is 0 Å². The van der Waals surface area contributed by atoms with Gasteiger partial charge in [0.05, 0.1) is 11.9 Å². The van der Waals surface area contributed by atoms with E-state index >= 15 is 0 Å². The molecule has 2 heterocycles. The normalized spacial score (nSPS) is 21.5. The summed E-state index contributed by atoms with van der Waals surface area (Å²) in [4.78, 5) is 16.0. The summed E-state index contributed by atoms with van der Waals surface area (Å²) in [5, 5.41) is 10.3. The van der Waals surface area contributed by atoms with Crippen molar-refractivity contribution in [3.8, 4) is 0 Å². The molecule has 1 fully saturated rings. The minimum Gasteiger partial charge on any atom is -0.382 e. The maximum absolute atomic E-state index is 11.0. The Kier molecular flexibility index (Phi) is 3.37. The van der Waals surface area contributed by atoms with Gasteiger partial charge in [-0.3, -0.25) is 9.80 Å². The van der Waals surface area contributed by atoms with E-state index in [9.17, 15) is 4.79 Å². The van der Waals surface area contributed by atoms with Gasteiger partial charge < -0.3 is 10.6 Å². The molecule has 0 aromatic heterocycles. The van der Waals surface area contributed by atoms with Crippen LogP contribution < -0.4 is 5.73 Å². The Labute approximate surface area is 116 Å². The first-order valence-corrected chi connectivity index (χ1v) is 6.64. The summed E-state index contributed by atoms with van der Waals surface area (Å²) in [7, 11) is 0. The number of hydrogen-bond acceptors (Lipinski definition) is 5. The lowest BCUT2D eigenvalue weighted by atomic mass is 10.0.